The Morgan fingerprint density at radius 3 is 2.28 bits per heavy atom. The molecule has 0 spiro atoms. The largest absolute Gasteiger partial charge is 0.318 e. The highest BCUT2D eigenvalue weighted by atomic mass is 79.9. The van der Waals surface area contributed by atoms with Gasteiger partial charge in [0.25, 0.3) is 0 Å². The summed E-state index contributed by atoms with van der Waals surface area (Å²) in [5, 5.41) is 3.77. The average Bonchev–Trinajstić information content (AvgIpc) is 3.34. The molecule has 6 rings (SSSR count). The number of hydrogen-bond acceptors (Lipinski definition) is 4. The van der Waals surface area contributed by atoms with E-state index in [-0.39, 0.29) is 0 Å². The molecule has 5 nitrogen and oxygen atoms in total. The Hall–Kier alpha value is -3.32. The zero-order chi connectivity index (χ0) is 26.4. The Labute approximate surface area is 239 Å². The van der Waals surface area contributed by atoms with Gasteiger partial charge in [-0.2, -0.15) is 0 Å². The molecule has 3 heterocycles. The van der Waals surface area contributed by atoms with Crippen LogP contribution in [0.15, 0.2) is 102 Å². The maximum absolute atomic E-state index is 4.92. The van der Waals surface area contributed by atoms with Crippen LogP contribution in [0.4, 0.5) is 0 Å². The fraction of sp³-hybridized carbons (Fsp3) is 0.273. The molecule has 6 heteroatoms. The summed E-state index contributed by atoms with van der Waals surface area (Å²) in [6, 6.07) is 32.8. The number of nitrogens with one attached hydrogen (secondary N) is 1. The van der Waals surface area contributed by atoms with Gasteiger partial charge in [-0.1, -0.05) is 82.7 Å². The lowest BCUT2D eigenvalue weighted by atomic mass is 10.0. The smallest absolute Gasteiger partial charge is 0.160 e. The van der Waals surface area contributed by atoms with Crippen LogP contribution in [-0.4, -0.2) is 45.1 Å². The van der Waals surface area contributed by atoms with E-state index in [1.54, 1.807) is 0 Å². The molecule has 0 unspecified atom stereocenters. The summed E-state index contributed by atoms with van der Waals surface area (Å²) in [6.45, 7) is 5.12. The van der Waals surface area contributed by atoms with Gasteiger partial charge in [-0.15, -0.1) is 0 Å². The van der Waals surface area contributed by atoms with Gasteiger partial charge in [0.15, 0.2) is 5.82 Å². The maximum Gasteiger partial charge on any atom is 0.160 e. The molecule has 1 fully saturated rings. The van der Waals surface area contributed by atoms with Crippen molar-refractivity contribution in [1.29, 1.82) is 0 Å². The summed E-state index contributed by atoms with van der Waals surface area (Å²) in [5.74, 6) is 0.891. The van der Waals surface area contributed by atoms with Gasteiger partial charge in [0.2, 0.25) is 0 Å². The molecular weight excluding hydrogens is 546 g/mol. The molecule has 39 heavy (non-hydrogen) atoms. The summed E-state index contributed by atoms with van der Waals surface area (Å²) in [6.07, 6.45) is 5.35. The van der Waals surface area contributed by atoms with Gasteiger partial charge in [-0.25, -0.2) is 4.98 Å². The molecule has 198 valence electrons. The van der Waals surface area contributed by atoms with Crippen molar-refractivity contribution in [3.8, 4) is 11.5 Å². The van der Waals surface area contributed by atoms with Crippen molar-refractivity contribution < 1.29 is 0 Å². The fourth-order valence-corrected chi connectivity index (χ4v) is 5.84. The highest BCUT2D eigenvalue weighted by Crippen LogP contribution is 2.26. The number of para-hydroxylation sites is 2. The first-order valence-electron chi connectivity index (χ1n) is 13.9. The van der Waals surface area contributed by atoms with E-state index < -0.39 is 0 Å². The number of fused-ring (bicyclic) bond motifs is 1. The van der Waals surface area contributed by atoms with Crippen LogP contribution >= 0.6 is 15.9 Å². The van der Waals surface area contributed by atoms with E-state index in [1.807, 2.05) is 24.4 Å². The SMILES string of the molecule is Brc1ccnc(-c2nc3ccccc3n2Cc2ccc(CN3CCC(NCCc4ccccc4)CC3)cc2)c1. The number of imidazole rings is 1. The van der Waals surface area contributed by atoms with Crippen LogP contribution in [0.2, 0.25) is 0 Å². The van der Waals surface area contributed by atoms with Gasteiger partial charge < -0.3 is 9.88 Å². The lowest BCUT2D eigenvalue weighted by Gasteiger charge is -2.32. The normalized spacial score (nSPS) is 14.7. The molecule has 0 amide bonds. The van der Waals surface area contributed by atoms with Gasteiger partial charge in [0, 0.05) is 29.8 Å². The van der Waals surface area contributed by atoms with Crippen molar-refractivity contribution >= 4 is 27.0 Å². The number of piperidine rings is 1. The average molecular weight is 581 g/mol. The highest BCUT2D eigenvalue weighted by molar-refractivity contribution is 9.10. The molecule has 0 saturated carbocycles. The second-order valence-electron chi connectivity index (χ2n) is 10.4. The van der Waals surface area contributed by atoms with Crippen LogP contribution in [0.5, 0.6) is 0 Å². The van der Waals surface area contributed by atoms with Crippen LogP contribution in [0, 0.1) is 0 Å². The maximum atomic E-state index is 4.92. The first-order valence-corrected chi connectivity index (χ1v) is 14.7. The third-order valence-corrected chi connectivity index (χ3v) is 8.15. The molecule has 1 aliphatic rings. The molecule has 3 aromatic carbocycles. The Morgan fingerprint density at radius 2 is 1.51 bits per heavy atom. The first kappa shape index (κ1) is 25.9. The van der Waals surface area contributed by atoms with Gasteiger partial charge in [-0.3, -0.25) is 9.88 Å². The van der Waals surface area contributed by atoms with Gasteiger partial charge in [-0.05, 0) is 79.9 Å². The van der Waals surface area contributed by atoms with E-state index in [0.29, 0.717) is 6.04 Å². The van der Waals surface area contributed by atoms with E-state index in [9.17, 15) is 0 Å². The van der Waals surface area contributed by atoms with Gasteiger partial charge in [0.1, 0.15) is 5.69 Å². The summed E-state index contributed by atoms with van der Waals surface area (Å²) in [5.41, 5.74) is 7.03. The van der Waals surface area contributed by atoms with Crippen molar-refractivity contribution in [3.63, 3.8) is 0 Å². The molecule has 5 aromatic rings. The number of halogens is 1. The van der Waals surface area contributed by atoms with Crippen molar-refractivity contribution in [3.05, 3.63) is 118 Å². The Kier molecular flexibility index (Phi) is 8.14. The summed E-state index contributed by atoms with van der Waals surface area (Å²) >= 11 is 3.58. The molecule has 1 N–H and O–H groups in total. The molecule has 1 saturated heterocycles. The molecule has 0 atom stereocenters. The number of nitrogens with zero attached hydrogens (tertiary/aromatic N) is 4. The predicted octanol–water partition coefficient (Wildman–Crippen LogP) is 6.71. The first-order chi connectivity index (χ1) is 19.2. The number of hydrogen-bond donors (Lipinski definition) is 1. The molecular formula is C33H34BrN5. The second kappa shape index (κ2) is 12.2. The molecule has 0 aliphatic carbocycles. The number of benzene rings is 3. The lowest BCUT2D eigenvalue weighted by Crippen LogP contribution is -2.42. The van der Waals surface area contributed by atoms with Gasteiger partial charge >= 0.3 is 0 Å². The third kappa shape index (κ3) is 6.47. The number of likely N-dealkylation sites (tertiary alicyclic amines) is 1. The van der Waals surface area contributed by atoms with Crippen LogP contribution < -0.4 is 5.32 Å². The van der Waals surface area contributed by atoms with E-state index in [1.165, 1.54) is 29.5 Å². The van der Waals surface area contributed by atoms with Crippen LogP contribution in [0.1, 0.15) is 29.5 Å². The van der Waals surface area contributed by atoms with Gasteiger partial charge in [0.05, 0.1) is 11.0 Å². The fourth-order valence-electron chi connectivity index (χ4n) is 5.51. The molecule has 0 bridgehead atoms. The topological polar surface area (TPSA) is 46.0 Å². The van der Waals surface area contributed by atoms with Crippen molar-refractivity contribution in [1.82, 2.24) is 24.8 Å². The summed E-state index contributed by atoms with van der Waals surface area (Å²) < 4.78 is 3.27. The number of aromatic nitrogens is 3. The van der Waals surface area contributed by atoms with E-state index in [0.717, 1.165) is 66.2 Å². The minimum atomic E-state index is 0.631. The zero-order valence-corrected chi connectivity index (χ0v) is 23.7. The quantitative estimate of drug-likeness (QED) is 0.211. The lowest BCUT2D eigenvalue weighted by molar-refractivity contribution is 0.191. The summed E-state index contributed by atoms with van der Waals surface area (Å²) in [4.78, 5) is 12.1. The van der Waals surface area contributed by atoms with Crippen molar-refractivity contribution in [2.24, 2.45) is 0 Å². The monoisotopic (exact) mass is 579 g/mol. The van der Waals surface area contributed by atoms with Crippen LogP contribution in [-0.2, 0) is 19.5 Å². The standard InChI is InChI=1S/C33H34BrN5/c34-28-15-19-36-31(22-28)33-37-30-8-4-5-9-32(30)39(33)24-27-12-10-26(11-13-27)23-38-20-16-29(17-21-38)35-18-14-25-6-2-1-3-7-25/h1-13,15,19,22,29,35H,14,16-18,20-21,23-24H2. The Morgan fingerprint density at radius 1 is 0.795 bits per heavy atom. The Balaban J connectivity index is 1.06. The minimum Gasteiger partial charge on any atom is -0.318 e. The van der Waals surface area contributed by atoms with Crippen LogP contribution in [0.3, 0.4) is 0 Å². The van der Waals surface area contributed by atoms with E-state index >= 15 is 0 Å². The van der Waals surface area contributed by atoms with Crippen molar-refractivity contribution in [2.45, 2.75) is 38.4 Å². The second-order valence-corrected chi connectivity index (χ2v) is 11.3. The Bertz CT molecular complexity index is 1500. The molecule has 1 aliphatic heterocycles. The van der Waals surface area contributed by atoms with Crippen LogP contribution in [0.25, 0.3) is 22.6 Å². The number of rotatable bonds is 9. The molecule has 0 radical (unpaired) electrons. The minimum absolute atomic E-state index is 0.631. The van der Waals surface area contributed by atoms with E-state index in [2.05, 4.69) is 108 Å². The van der Waals surface area contributed by atoms with Crippen molar-refractivity contribution in [2.75, 3.05) is 19.6 Å². The summed E-state index contributed by atoms with van der Waals surface area (Å²) in [7, 11) is 0. The predicted molar refractivity (Wildman–Crippen MR) is 163 cm³/mol. The van der Waals surface area contributed by atoms with E-state index in [4.69, 9.17) is 4.98 Å². The number of pyridine rings is 1. The molecule has 2 aromatic heterocycles. The highest BCUT2D eigenvalue weighted by Gasteiger charge is 2.19. The third-order valence-electron chi connectivity index (χ3n) is 7.65. The zero-order valence-electron chi connectivity index (χ0n) is 22.1.